The van der Waals surface area contributed by atoms with Gasteiger partial charge in [-0.15, -0.1) is 11.8 Å². The fourth-order valence-corrected chi connectivity index (χ4v) is 3.38. The molecule has 26 heavy (non-hydrogen) atoms. The molecule has 0 atom stereocenters. The van der Waals surface area contributed by atoms with Crippen LogP contribution in [0.25, 0.3) is 0 Å². The lowest BCUT2D eigenvalue weighted by atomic mass is 10.2. The summed E-state index contributed by atoms with van der Waals surface area (Å²) in [7, 11) is 0. The molecule has 136 valence electrons. The van der Waals surface area contributed by atoms with E-state index >= 15 is 0 Å². The fraction of sp³-hybridized carbons (Fsp3) is 0.263. The van der Waals surface area contributed by atoms with Gasteiger partial charge in [-0.2, -0.15) is 0 Å². The molecule has 2 aromatic carbocycles. The quantitative estimate of drug-likeness (QED) is 0.838. The molecule has 0 spiro atoms. The summed E-state index contributed by atoms with van der Waals surface area (Å²) in [6, 6.07) is 13.0. The van der Waals surface area contributed by atoms with E-state index < -0.39 is 0 Å². The number of nitrogens with zero attached hydrogens (tertiary/aromatic N) is 2. The summed E-state index contributed by atoms with van der Waals surface area (Å²) in [5, 5.41) is 2.93. The second-order valence-corrected chi connectivity index (χ2v) is 6.76. The van der Waals surface area contributed by atoms with Crippen molar-refractivity contribution in [3.63, 3.8) is 0 Å². The molecule has 0 radical (unpaired) electrons. The molecule has 1 aliphatic heterocycles. The summed E-state index contributed by atoms with van der Waals surface area (Å²) in [4.78, 5) is 29.3. The number of halogens is 1. The predicted molar refractivity (Wildman–Crippen MR) is 101 cm³/mol. The Morgan fingerprint density at radius 2 is 1.58 bits per heavy atom. The van der Waals surface area contributed by atoms with Crippen molar-refractivity contribution in [2.24, 2.45) is 0 Å². The number of hydrogen-bond acceptors (Lipinski definition) is 3. The fourth-order valence-electron chi connectivity index (χ4n) is 2.83. The maximum Gasteiger partial charge on any atom is 0.321 e. The van der Waals surface area contributed by atoms with Crippen LogP contribution in [0.5, 0.6) is 0 Å². The molecule has 1 N–H and O–H groups in total. The monoisotopic (exact) mass is 373 g/mol. The second kappa shape index (κ2) is 8.23. The minimum absolute atomic E-state index is 0.141. The number of nitrogens with one attached hydrogen (secondary N) is 1. The lowest BCUT2D eigenvalue weighted by Crippen LogP contribution is -2.51. The van der Waals surface area contributed by atoms with E-state index in [-0.39, 0.29) is 17.8 Å². The molecule has 0 bridgehead atoms. The number of benzene rings is 2. The Hall–Kier alpha value is -2.54. The zero-order valence-electron chi connectivity index (χ0n) is 14.4. The van der Waals surface area contributed by atoms with Gasteiger partial charge in [0.15, 0.2) is 0 Å². The van der Waals surface area contributed by atoms with E-state index in [1.807, 2.05) is 30.5 Å². The van der Waals surface area contributed by atoms with Gasteiger partial charge in [-0.05, 0) is 42.7 Å². The lowest BCUT2D eigenvalue weighted by Gasteiger charge is -2.34. The number of para-hydroxylation sites is 1. The van der Waals surface area contributed by atoms with Crippen molar-refractivity contribution in [3.05, 3.63) is 59.9 Å². The first kappa shape index (κ1) is 18.3. The van der Waals surface area contributed by atoms with Crippen LogP contribution < -0.4 is 5.32 Å². The molecule has 3 amide bonds. The molecule has 0 saturated carbocycles. The molecule has 2 aromatic rings. The number of carbonyl (C=O) groups is 2. The Morgan fingerprint density at radius 1 is 0.962 bits per heavy atom. The highest BCUT2D eigenvalue weighted by Crippen LogP contribution is 2.25. The highest BCUT2D eigenvalue weighted by atomic mass is 32.2. The van der Waals surface area contributed by atoms with Crippen molar-refractivity contribution in [1.29, 1.82) is 0 Å². The molecule has 0 aromatic heterocycles. The van der Waals surface area contributed by atoms with Gasteiger partial charge >= 0.3 is 6.03 Å². The number of anilines is 1. The van der Waals surface area contributed by atoms with E-state index in [2.05, 4.69) is 5.32 Å². The standard InChI is InChI=1S/C19H20FN3O2S/c1-26-17-5-3-2-4-16(17)21-19(25)23-12-10-22(11-13-23)18(24)14-6-8-15(20)9-7-14/h2-9H,10-13H2,1H3,(H,21,25). The lowest BCUT2D eigenvalue weighted by molar-refractivity contribution is 0.0671. The smallest absolute Gasteiger partial charge is 0.321 e. The van der Waals surface area contributed by atoms with Crippen molar-refractivity contribution in [2.45, 2.75) is 4.90 Å². The van der Waals surface area contributed by atoms with Crippen LogP contribution in [-0.4, -0.2) is 54.2 Å². The average molecular weight is 373 g/mol. The van der Waals surface area contributed by atoms with Crippen LogP contribution in [0.4, 0.5) is 14.9 Å². The van der Waals surface area contributed by atoms with Crippen LogP contribution in [0.2, 0.25) is 0 Å². The Bertz CT molecular complexity index is 790. The topological polar surface area (TPSA) is 52.7 Å². The van der Waals surface area contributed by atoms with Crippen LogP contribution in [0.1, 0.15) is 10.4 Å². The molecular formula is C19H20FN3O2S. The number of rotatable bonds is 3. The van der Waals surface area contributed by atoms with Crippen molar-refractivity contribution < 1.29 is 14.0 Å². The van der Waals surface area contributed by atoms with Crippen LogP contribution >= 0.6 is 11.8 Å². The minimum Gasteiger partial charge on any atom is -0.335 e. The predicted octanol–water partition coefficient (Wildman–Crippen LogP) is 3.54. The number of hydrogen-bond donors (Lipinski definition) is 1. The van der Waals surface area contributed by atoms with Gasteiger partial charge < -0.3 is 15.1 Å². The number of urea groups is 1. The second-order valence-electron chi connectivity index (χ2n) is 5.92. The van der Waals surface area contributed by atoms with Gasteiger partial charge in [-0.1, -0.05) is 12.1 Å². The first-order valence-corrected chi connectivity index (χ1v) is 9.55. The van der Waals surface area contributed by atoms with Crippen molar-refractivity contribution >= 4 is 29.4 Å². The molecule has 1 heterocycles. The van der Waals surface area contributed by atoms with Crippen LogP contribution in [0.3, 0.4) is 0 Å². The van der Waals surface area contributed by atoms with E-state index in [1.54, 1.807) is 21.6 Å². The minimum atomic E-state index is -0.367. The Morgan fingerprint density at radius 3 is 2.23 bits per heavy atom. The molecule has 0 aliphatic carbocycles. The molecule has 0 unspecified atom stereocenters. The molecule has 5 nitrogen and oxygen atoms in total. The third-order valence-electron chi connectivity index (χ3n) is 4.29. The Labute approximate surface area is 156 Å². The number of carbonyl (C=O) groups excluding carboxylic acids is 2. The molecule has 7 heteroatoms. The largest absolute Gasteiger partial charge is 0.335 e. The van der Waals surface area contributed by atoms with Gasteiger partial charge in [0.1, 0.15) is 5.82 Å². The Kier molecular flexibility index (Phi) is 5.78. The number of amides is 3. The van der Waals surface area contributed by atoms with Gasteiger partial charge in [-0.3, -0.25) is 4.79 Å². The molecule has 3 rings (SSSR count). The molecule has 1 aliphatic rings. The van der Waals surface area contributed by atoms with Gasteiger partial charge in [-0.25, -0.2) is 9.18 Å². The van der Waals surface area contributed by atoms with Crippen LogP contribution in [-0.2, 0) is 0 Å². The number of thioether (sulfide) groups is 1. The normalized spacial score (nSPS) is 14.2. The van der Waals surface area contributed by atoms with Gasteiger partial charge in [0, 0.05) is 36.6 Å². The SMILES string of the molecule is CSc1ccccc1NC(=O)N1CCN(C(=O)c2ccc(F)cc2)CC1. The summed E-state index contributed by atoms with van der Waals surface area (Å²) < 4.78 is 13.0. The van der Waals surface area contributed by atoms with Gasteiger partial charge in [0.05, 0.1) is 5.69 Å². The molecule has 1 fully saturated rings. The molecular weight excluding hydrogens is 353 g/mol. The summed E-state index contributed by atoms with van der Waals surface area (Å²) in [5.41, 5.74) is 1.24. The zero-order valence-corrected chi connectivity index (χ0v) is 15.3. The van der Waals surface area contributed by atoms with Crippen molar-refractivity contribution in [3.8, 4) is 0 Å². The highest BCUT2D eigenvalue weighted by Gasteiger charge is 2.25. The van der Waals surface area contributed by atoms with E-state index in [0.717, 1.165) is 10.6 Å². The van der Waals surface area contributed by atoms with E-state index in [4.69, 9.17) is 0 Å². The first-order valence-electron chi connectivity index (χ1n) is 8.32. The summed E-state index contributed by atoms with van der Waals surface area (Å²) in [6.45, 7) is 1.82. The van der Waals surface area contributed by atoms with E-state index in [0.29, 0.717) is 31.7 Å². The average Bonchev–Trinajstić information content (AvgIpc) is 2.68. The van der Waals surface area contributed by atoms with Crippen molar-refractivity contribution in [1.82, 2.24) is 9.80 Å². The summed E-state index contributed by atoms with van der Waals surface area (Å²) in [5.74, 6) is -0.508. The third kappa shape index (κ3) is 4.16. The summed E-state index contributed by atoms with van der Waals surface area (Å²) in [6.07, 6.45) is 1.96. The zero-order chi connectivity index (χ0) is 18.5. The number of piperazine rings is 1. The van der Waals surface area contributed by atoms with Gasteiger partial charge in [0.2, 0.25) is 0 Å². The highest BCUT2D eigenvalue weighted by molar-refractivity contribution is 7.98. The maximum absolute atomic E-state index is 13.0. The van der Waals surface area contributed by atoms with Crippen LogP contribution in [0, 0.1) is 5.82 Å². The Balaban J connectivity index is 1.57. The maximum atomic E-state index is 13.0. The molecule has 1 saturated heterocycles. The van der Waals surface area contributed by atoms with Crippen molar-refractivity contribution in [2.75, 3.05) is 37.8 Å². The van der Waals surface area contributed by atoms with E-state index in [1.165, 1.54) is 24.3 Å². The first-order chi connectivity index (χ1) is 12.6. The third-order valence-corrected chi connectivity index (χ3v) is 5.09. The summed E-state index contributed by atoms with van der Waals surface area (Å²) >= 11 is 1.57. The van der Waals surface area contributed by atoms with Crippen LogP contribution in [0.15, 0.2) is 53.4 Å². The van der Waals surface area contributed by atoms with Gasteiger partial charge in [0.25, 0.3) is 5.91 Å². The van der Waals surface area contributed by atoms with E-state index in [9.17, 15) is 14.0 Å².